The van der Waals surface area contributed by atoms with E-state index < -0.39 is 0 Å². The van der Waals surface area contributed by atoms with Crippen LogP contribution >= 0.6 is 0 Å². The summed E-state index contributed by atoms with van der Waals surface area (Å²) in [5.41, 5.74) is 2.05. The van der Waals surface area contributed by atoms with E-state index in [2.05, 4.69) is 30.8 Å². The molecule has 1 aromatic rings. The highest BCUT2D eigenvalue weighted by molar-refractivity contribution is 5.47. The molecule has 1 aliphatic rings. The second-order valence-corrected chi connectivity index (χ2v) is 5.84. The van der Waals surface area contributed by atoms with Crippen molar-refractivity contribution in [2.45, 2.75) is 58.6 Å². The number of aliphatic hydroxyl groups is 1. The average molecular weight is 262 g/mol. The van der Waals surface area contributed by atoms with E-state index in [0.29, 0.717) is 6.04 Å². The van der Waals surface area contributed by atoms with Crippen LogP contribution in [-0.4, -0.2) is 23.2 Å². The number of hydrogen-bond donors (Lipinski definition) is 1. The molecule has 0 aliphatic heterocycles. The zero-order valence-corrected chi connectivity index (χ0v) is 12.4. The molecule has 106 valence electrons. The standard InChI is InChI=1S/C16H26N2O/c1-4-13-5-7-15(8-6-13)18(3)16-12(2)9-14(11-19)10-17-16/h9-10,13,15,19H,4-8,11H2,1-3H3. The Morgan fingerprint density at radius 1 is 1.32 bits per heavy atom. The molecule has 0 amide bonds. The van der Waals surface area contributed by atoms with Crippen LogP contribution in [-0.2, 0) is 6.61 Å². The lowest BCUT2D eigenvalue weighted by molar-refractivity contribution is 0.281. The van der Waals surface area contributed by atoms with Crippen molar-refractivity contribution in [1.82, 2.24) is 4.98 Å². The minimum atomic E-state index is 0.0689. The number of aromatic nitrogens is 1. The highest BCUT2D eigenvalue weighted by Gasteiger charge is 2.24. The Morgan fingerprint density at radius 2 is 2.00 bits per heavy atom. The molecule has 1 fully saturated rings. The molecule has 2 rings (SSSR count). The first-order valence-electron chi connectivity index (χ1n) is 7.44. The second-order valence-electron chi connectivity index (χ2n) is 5.84. The fraction of sp³-hybridized carbons (Fsp3) is 0.688. The van der Waals surface area contributed by atoms with E-state index in [-0.39, 0.29) is 6.61 Å². The normalized spacial score (nSPS) is 23.4. The number of aryl methyl sites for hydroxylation is 1. The maximum atomic E-state index is 9.14. The Balaban J connectivity index is 2.05. The molecular weight excluding hydrogens is 236 g/mol. The van der Waals surface area contributed by atoms with Gasteiger partial charge in [-0.05, 0) is 55.7 Å². The highest BCUT2D eigenvalue weighted by atomic mass is 16.3. The summed E-state index contributed by atoms with van der Waals surface area (Å²) in [5, 5.41) is 9.14. The van der Waals surface area contributed by atoms with Gasteiger partial charge in [0.15, 0.2) is 0 Å². The Labute approximate surface area is 116 Å². The van der Waals surface area contributed by atoms with Gasteiger partial charge in [-0.1, -0.05) is 13.3 Å². The number of hydrogen-bond acceptors (Lipinski definition) is 3. The van der Waals surface area contributed by atoms with Crippen LogP contribution in [0.15, 0.2) is 12.3 Å². The van der Waals surface area contributed by atoms with Gasteiger partial charge in [0.1, 0.15) is 5.82 Å². The third kappa shape index (κ3) is 3.27. The van der Waals surface area contributed by atoms with Gasteiger partial charge in [-0.25, -0.2) is 4.98 Å². The summed E-state index contributed by atoms with van der Waals surface area (Å²) in [6, 6.07) is 2.66. The maximum absolute atomic E-state index is 9.14. The van der Waals surface area contributed by atoms with Gasteiger partial charge in [0.2, 0.25) is 0 Å². The summed E-state index contributed by atoms with van der Waals surface area (Å²) in [4.78, 5) is 6.86. The number of nitrogens with zero attached hydrogens (tertiary/aromatic N) is 2. The molecule has 0 bridgehead atoms. The molecule has 0 spiro atoms. The minimum absolute atomic E-state index is 0.0689. The zero-order valence-electron chi connectivity index (χ0n) is 12.4. The monoisotopic (exact) mass is 262 g/mol. The Bertz CT molecular complexity index is 411. The van der Waals surface area contributed by atoms with Crippen molar-refractivity contribution in [2.75, 3.05) is 11.9 Å². The number of aliphatic hydroxyl groups excluding tert-OH is 1. The summed E-state index contributed by atoms with van der Waals surface area (Å²) in [6.45, 7) is 4.45. The van der Waals surface area contributed by atoms with Crippen LogP contribution in [0.3, 0.4) is 0 Å². The third-order valence-corrected chi connectivity index (χ3v) is 4.57. The van der Waals surface area contributed by atoms with E-state index >= 15 is 0 Å². The molecule has 3 nitrogen and oxygen atoms in total. The average Bonchev–Trinajstić information content (AvgIpc) is 2.46. The van der Waals surface area contributed by atoms with Gasteiger partial charge in [0, 0.05) is 19.3 Å². The van der Waals surface area contributed by atoms with Crippen LogP contribution in [0.2, 0.25) is 0 Å². The summed E-state index contributed by atoms with van der Waals surface area (Å²) < 4.78 is 0. The van der Waals surface area contributed by atoms with Crippen molar-refractivity contribution in [3.05, 3.63) is 23.4 Å². The van der Waals surface area contributed by atoms with E-state index in [4.69, 9.17) is 5.11 Å². The molecule has 0 atom stereocenters. The van der Waals surface area contributed by atoms with Crippen LogP contribution < -0.4 is 4.90 Å². The van der Waals surface area contributed by atoms with Crippen LogP contribution in [0, 0.1) is 12.8 Å². The largest absolute Gasteiger partial charge is 0.392 e. The molecule has 3 heteroatoms. The van der Waals surface area contributed by atoms with E-state index in [1.165, 1.54) is 32.1 Å². The predicted octanol–water partition coefficient (Wildman–Crippen LogP) is 3.29. The molecule has 1 heterocycles. The molecule has 1 aliphatic carbocycles. The Hall–Kier alpha value is -1.09. The molecule has 1 N–H and O–H groups in total. The first-order valence-corrected chi connectivity index (χ1v) is 7.44. The maximum Gasteiger partial charge on any atom is 0.131 e. The molecule has 0 radical (unpaired) electrons. The summed E-state index contributed by atoms with van der Waals surface area (Å²) in [5.74, 6) is 1.99. The smallest absolute Gasteiger partial charge is 0.131 e. The molecule has 19 heavy (non-hydrogen) atoms. The molecule has 1 saturated carbocycles. The topological polar surface area (TPSA) is 36.4 Å². The van der Waals surface area contributed by atoms with Gasteiger partial charge in [0.05, 0.1) is 6.61 Å². The minimum Gasteiger partial charge on any atom is -0.392 e. The van der Waals surface area contributed by atoms with Crippen LogP contribution in [0.5, 0.6) is 0 Å². The zero-order chi connectivity index (χ0) is 13.8. The summed E-state index contributed by atoms with van der Waals surface area (Å²) >= 11 is 0. The van der Waals surface area contributed by atoms with Crippen molar-refractivity contribution < 1.29 is 5.11 Å². The fourth-order valence-corrected chi connectivity index (χ4v) is 3.19. The quantitative estimate of drug-likeness (QED) is 0.904. The van der Waals surface area contributed by atoms with Crippen molar-refractivity contribution >= 4 is 5.82 Å². The van der Waals surface area contributed by atoms with Crippen LogP contribution in [0.4, 0.5) is 5.82 Å². The lowest BCUT2D eigenvalue weighted by atomic mass is 9.84. The van der Waals surface area contributed by atoms with Crippen molar-refractivity contribution in [2.24, 2.45) is 5.92 Å². The fourth-order valence-electron chi connectivity index (χ4n) is 3.19. The van der Waals surface area contributed by atoms with Gasteiger partial charge in [-0.2, -0.15) is 0 Å². The lowest BCUT2D eigenvalue weighted by Crippen LogP contribution is -2.36. The van der Waals surface area contributed by atoms with Gasteiger partial charge in [-0.15, -0.1) is 0 Å². The third-order valence-electron chi connectivity index (χ3n) is 4.57. The summed E-state index contributed by atoms with van der Waals surface area (Å²) in [7, 11) is 2.16. The second kappa shape index (κ2) is 6.38. The Kier molecular flexibility index (Phi) is 4.81. The van der Waals surface area contributed by atoms with Gasteiger partial charge < -0.3 is 10.0 Å². The molecular formula is C16H26N2O. The number of rotatable bonds is 4. The van der Waals surface area contributed by atoms with E-state index in [1.54, 1.807) is 6.20 Å². The van der Waals surface area contributed by atoms with Gasteiger partial charge in [-0.3, -0.25) is 0 Å². The van der Waals surface area contributed by atoms with Crippen molar-refractivity contribution in [3.63, 3.8) is 0 Å². The van der Waals surface area contributed by atoms with Gasteiger partial charge >= 0.3 is 0 Å². The summed E-state index contributed by atoms with van der Waals surface area (Å²) in [6.07, 6.45) is 8.35. The van der Waals surface area contributed by atoms with E-state index in [9.17, 15) is 0 Å². The van der Waals surface area contributed by atoms with Crippen molar-refractivity contribution in [1.29, 1.82) is 0 Å². The first-order chi connectivity index (χ1) is 9.15. The SMILES string of the molecule is CCC1CCC(N(C)c2ncc(CO)cc2C)CC1. The Morgan fingerprint density at radius 3 is 2.53 bits per heavy atom. The number of pyridine rings is 1. The highest BCUT2D eigenvalue weighted by Crippen LogP contribution is 2.31. The molecule has 0 unspecified atom stereocenters. The number of anilines is 1. The lowest BCUT2D eigenvalue weighted by Gasteiger charge is -2.35. The predicted molar refractivity (Wildman–Crippen MR) is 79.3 cm³/mol. The van der Waals surface area contributed by atoms with Crippen molar-refractivity contribution in [3.8, 4) is 0 Å². The van der Waals surface area contributed by atoms with E-state index in [0.717, 1.165) is 22.9 Å². The first kappa shape index (κ1) is 14.3. The molecule has 0 saturated heterocycles. The van der Waals surface area contributed by atoms with Crippen LogP contribution in [0.1, 0.15) is 50.2 Å². The van der Waals surface area contributed by atoms with Crippen LogP contribution in [0.25, 0.3) is 0 Å². The van der Waals surface area contributed by atoms with Gasteiger partial charge in [0.25, 0.3) is 0 Å². The molecule has 0 aromatic carbocycles. The molecule has 1 aromatic heterocycles. The van der Waals surface area contributed by atoms with E-state index in [1.807, 2.05) is 6.07 Å².